The molecule has 0 saturated carbocycles. The third-order valence-corrected chi connectivity index (χ3v) is 10.8. The summed E-state index contributed by atoms with van der Waals surface area (Å²) in [4.78, 5) is 24.2. The van der Waals surface area contributed by atoms with E-state index in [1.54, 1.807) is 8.97 Å². The van der Waals surface area contributed by atoms with Gasteiger partial charge >= 0.3 is 5.69 Å². The van der Waals surface area contributed by atoms with Gasteiger partial charge < -0.3 is 0 Å². The molecule has 0 radical (unpaired) electrons. The topological polar surface area (TPSA) is 52.2 Å². The predicted molar refractivity (Wildman–Crippen MR) is 222 cm³/mol. The molecule has 0 aliphatic carbocycles. The highest BCUT2D eigenvalue weighted by Gasteiger charge is 2.20. The highest BCUT2D eigenvalue weighted by atomic mass is 16.1. The molecule has 8 aromatic carbocycles. The minimum Gasteiger partial charge on any atom is -0.263 e. The molecule has 11 rings (SSSR count). The van der Waals surface area contributed by atoms with Crippen molar-refractivity contribution in [3.8, 4) is 39.1 Å². The molecule has 0 N–H and O–H groups in total. The maximum atomic E-state index is 14.4. The van der Waals surface area contributed by atoms with E-state index in [-0.39, 0.29) is 5.69 Å². The average molecular weight is 691 g/mol. The molecule has 54 heavy (non-hydrogen) atoms. The Morgan fingerprint density at radius 2 is 1.04 bits per heavy atom. The van der Waals surface area contributed by atoms with Gasteiger partial charge in [-0.15, -0.1) is 0 Å². The molecule has 0 aliphatic heterocycles. The second-order valence-corrected chi connectivity index (χ2v) is 13.8. The smallest absolute Gasteiger partial charge is 0.263 e. The van der Waals surface area contributed by atoms with Crippen molar-refractivity contribution in [3.63, 3.8) is 0 Å². The van der Waals surface area contributed by atoms with E-state index in [0.717, 1.165) is 49.9 Å². The van der Waals surface area contributed by atoms with E-state index in [1.807, 2.05) is 67.0 Å². The number of para-hydroxylation sites is 3. The van der Waals surface area contributed by atoms with E-state index in [1.165, 1.54) is 43.4 Å². The third-order valence-electron chi connectivity index (χ3n) is 10.8. The summed E-state index contributed by atoms with van der Waals surface area (Å²) in [6.07, 6.45) is 3.87. The largest absolute Gasteiger partial charge is 0.339 e. The maximum Gasteiger partial charge on any atom is 0.339 e. The van der Waals surface area contributed by atoms with Crippen molar-refractivity contribution in [2.24, 2.45) is 0 Å². The van der Waals surface area contributed by atoms with Crippen LogP contribution in [-0.4, -0.2) is 18.9 Å². The fourth-order valence-corrected chi connectivity index (χ4v) is 8.34. The molecule has 0 spiro atoms. The second-order valence-electron chi connectivity index (χ2n) is 13.8. The Kier molecular flexibility index (Phi) is 6.64. The average Bonchev–Trinajstić information content (AvgIpc) is 3.63. The number of aromatic nitrogens is 4. The first-order chi connectivity index (χ1) is 26.7. The van der Waals surface area contributed by atoms with Crippen LogP contribution in [0.2, 0.25) is 0 Å². The Labute approximate surface area is 309 Å². The summed E-state index contributed by atoms with van der Waals surface area (Å²) in [5.41, 5.74) is 10.2. The van der Waals surface area contributed by atoms with Crippen LogP contribution in [0.25, 0.3) is 99.0 Å². The van der Waals surface area contributed by atoms with E-state index >= 15 is 0 Å². The van der Waals surface area contributed by atoms with Crippen LogP contribution in [0.3, 0.4) is 0 Å². The normalized spacial score (nSPS) is 11.8. The van der Waals surface area contributed by atoms with Gasteiger partial charge in [-0.3, -0.25) is 9.55 Å². The lowest BCUT2D eigenvalue weighted by Crippen LogP contribution is -2.25. The van der Waals surface area contributed by atoms with Gasteiger partial charge in [0, 0.05) is 28.9 Å². The lowest BCUT2D eigenvalue weighted by atomic mass is 9.85. The van der Waals surface area contributed by atoms with Gasteiger partial charge in [-0.05, 0) is 103 Å². The van der Waals surface area contributed by atoms with Gasteiger partial charge in [0.15, 0.2) is 5.65 Å². The summed E-state index contributed by atoms with van der Waals surface area (Å²) in [7, 11) is 0. The van der Waals surface area contributed by atoms with Crippen molar-refractivity contribution in [1.29, 1.82) is 0 Å². The molecule has 0 saturated heterocycles. The highest BCUT2D eigenvalue weighted by Crippen LogP contribution is 2.44. The standard InChI is InChI=1S/C49H30N4O/c54-49-52(37-14-2-1-3-15-37)45-28-33(24-25-42(45)48-51-43-20-10-11-21-44(43)53(48)49)35-27-36(30-50-29-35)47-40-18-8-6-16-38(40)46(39-17-7-9-19-41(39)47)34-23-22-31-12-4-5-13-32(31)26-34/h1-30H. The van der Waals surface area contributed by atoms with Crippen molar-refractivity contribution in [2.45, 2.75) is 0 Å². The molecule has 3 aromatic heterocycles. The van der Waals surface area contributed by atoms with Crippen molar-refractivity contribution in [1.82, 2.24) is 18.9 Å². The molecule has 0 bridgehead atoms. The van der Waals surface area contributed by atoms with E-state index in [0.29, 0.717) is 5.65 Å². The highest BCUT2D eigenvalue weighted by molar-refractivity contribution is 6.21. The van der Waals surface area contributed by atoms with E-state index in [4.69, 9.17) is 9.97 Å². The molecule has 0 amide bonds. The zero-order valence-electron chi connectivity index (χ0n) is 29.0. The van der Waals surface area contributed by atoms with Crippen LogP contribution < -0.4 is 5.69 Å². The Morgan fingerprint density at radius 1 is 0.426 bits per heavy atom. The molecular formula is C49H30N4O. The number of rotatable bonds is 4. The quantitative estimate of drug-likeness (QED) is 0.173. The summed E-state index contributed by atoms with van der Waals surface area (Å²) in [6, 6.07) is 58.9. The fraction of sp³-hybridized carbons (Fsp3) is 0. The van der Waals surface area contributed by atoms with Crippen LogP contribution in [0.5, 0.6) is 0 Å². The van der Waals surface area contributed by atoms with Crippen LogP contribution in [0.1, 0.15) is 0 Å². The first kappa shape index (κ1) is 30.3. The van der Waals surface area contributed by atoms with E-state index < -0.39 is 0 Å². The van der Waals surface area contributed by atoms with Gasteiger partial charge in [0.1, 0.15) is 0 Å². The number of fused-ring (bicyclic) bond motifs is 8. The zero-order chi connectivity index (χ0) is 35.8. The van der Waals surface area contributed by atoms with Crippen molar-refractivity contribution < 1.29 is 0 Å². The molecule has 0 atom stereocenters. The number of hydrogen-bond donors (Lipinski definition) is 0. The van der Waals surface area contributed by atoms with Gasteiger partial charge in [-0.2, -0.15) is 0 Å². The molecule has 11 aromatic rings. The molecule has 5 nitrogen and oxygen atoms in total. The maximum absolute atomic E-state index is 14.4. The summed E-state index contributed by atoms with van der Waals surface area (Å²) in [6.45, 7) is 0. The van der Waals surface area contributed by atoms with Crippen LogP contribution in [0.15, 0.2) is 187 Å². The van der Waals surface area contributed by atoms with Gasteiger partial charge in [0.2, 0.25) is 0 Å². The number of imidazole rings is 1. The Balaban J connectivity index is 1.14. The molecule has 5 heteroatoms. The first-order valence-electron chi connectivity index (χ1n) is 18.1. The molecule has 0 aliphatic rings. The minimum absolute atomic E-state index is 0.161. The fourth-order valence-electron chi connectivity index (χ4n) is 8.34. The van der Waals surface area contributed by atoms with Gasteiger partial charge in [0.05, 0.1) is 22.2 Å². The number of nitrogens with zero attached hydrogens (tertiary/aromatic N) is 4. The zero-order valence-corrected chi connectivity index (χ0v) is 29.0. The molecule has 0 fully saturated rings. The Morgan fingerprint density at radius 3 is 1.80 bits per heavy atom. The summed E-state index contributed by atoms with van der Waals surface area (Å²) < 4.78 is 3.52. The van der Waals surface area contributed by atoms with Crippen LogP contribution >= 0.6 is 0 Å². The molecular weight excluding hydrogens is 661 g/mol. The number of benzene rings is 8. The third kappa shape index (κ3) is 4.55. The Bertz CT molecular complexity index is 3300. The van der Waals surface area contributed by atoms with Crippen LogP contribution in [0.4, 0.5) is 0 Å². The number of hydrogen-bond acceptors (Lipinski definition) is 3. The Hall–Kier alpha value is -7.37. The minimum atomic E-state index is -0.161. The van der Waals surface area contributed by atoms with E-state index in [2.05, 4.69) is 115 Å². The molecule has 252 valence electrons. The lowest BCUT2D eigenvalue weighted by molar-refractivity contribution is 0.932. The van der Waals surface area contributed by atoms with Crippen LogP contribution in [-0.2, 0) is 0 Å². The van der Waals surface area contributed by atoms with Gasteiger partial charge in [0.25, 0.3) is 0 Å². The summed E-state index contributed by atoms with van der Waals surface area (Å²) in [5.74, 6) is 0. The number of pyridine rings is 1. The van der Waals surface area contributed by atoms with Crippen molar-refractivity contribution >= 4 is 59.9 Å². The molecule has 3 heterocycles. The summed E-state index contributed by atoms with van der Waals surface area (Å²) >= 11 is 0. The monoisotopic (exact) mass is 690 g/mol. The van der Waals surface area contributed by atoms with E-state index in [9.17, 15) is 4.79 Å². The van der Waals surface area contributed by atoms with Crippen molar-refractivity contribution in [3.05, 3.63) is 193 Å². The summed E-state index contributed by atoms with van der Waals surface area (Å²) in [5, 5.41) is 8.07. The predicted octanol–water partition coefficient (Wildman–Crippen LogP) is 11.6. The molecule has 0 unspecified atom stereocenters. The lowest BCUT2D eigenvalue weighted by Gasteiger charge is -2.18. The van der Waals surface area contributed by atoms with Crippen molar-refractivity contribution in [2.75, 3.05) is 0 Å². The SMILES string of the molecule is O=c1n(-c2ccccc2)c2cc(-c3cncc(-c4c5ccccc5c(-c5ccc6ccccc6c5)c5ccccc45)c3)ccc2c2nc3ccccc3n12. The van der Waals surface area contributed by atoms with Crippen LogP contribution in [0, 0.1) is 0 Å². The second kappa shape index (κ2) is 11.8. The van der Waals surface area contributed by atoms with Gasteiger partial charge in [-0.1, -0.05) is 121 Å². The first-order valence-corrected chi connectivity index (χ1v) is 18.1. The van der Waals surface area contributed by atoms with Gasteiger partial charge in [-0.25, -0.2) is 14.2 Å².